The summed E-state index contributed by atoms with van der Waals surface area (Å²) in [6.07, 6.45) is 0.663. The number of carbonyl (C=O) groups excluding carboxylic acids is 1. The molecule has 0 radical (unpaired) electrons. The Morgan fingerprint density at radius 2 is 1.28 bits per heavy atom. The Bertz CT molecular complexity index is 1240. The third-order valence-electron chi connectivity index (χ3n) is 6.09. The molecule has 0 amide bonds. The first-order chi connectivity index (χ1) is 15.7. The monoisotopic (exact) mass is 415 g/mol. The van der Waals surface area contributed by atoms with Crippen LogP contribution in [0.2, 0.25) is 0 Å². The summed E-state index contributed by atoms with van der Waals surface area (Å²) in [5.41, 5.74) is 7.17. The Morgan fingerprint density at radius 3 is 1.91 bits per heavy atom. The number of benzene rings is 4. The Kier molecular flexibility index (Phi) is 5.43. The average molecular weight is 416 g/mol. The lowest BCUT2D eigenvalue weighted by Gasteiger charge is -2.31. The molecule has 0 N–H and O–H groups in total. The first kappa shape index (κ1) is 20.0. The number of hydrogen-bond donors (Lipinski definition) is 0. The van der Waals surface area contributed by atoms with Gasteiger partial charge in [0.2, 0.25) is 0 Å². The molecule has 0 aliphatic carbocycles. The lowest BCUT2D eigenvalue weighted by molar-refractivity contribution is 0.103. The standard InChI is InChI=1S/C30H25NO/c1-22-17-19-26(20-18-22)31-28(23-11-5-2-6-12-23)21-27(29(31)24-13-7-3-8-14-24)30(32)25-15-9-4-10-16-25/h2-20,28H,21H2,1H3/t28-/m1/s1. The van der Waals surface area contributed by atoms with Gasteiger partial charge >= 0.3 is 0 Å². The minimum atomic E-state index is 0.0526. The Balaban J connectivity index is 1.73. The van der Waals surface area contributed by atoms with Crippen molar-refractivity contribution in [3.05, 3.63) is 143 Å². The third kappa shape index (κ3) is 3.76. The molecule has 0 bridgehead atoms. The first-order valence-corrected chi connectivity index (χ1v) is 11.0. The first-order valence-electron chi connectivity index (χ1n) is 11.0. The summed E-state index contributed by atoms with van der Waals surface area (Å²) in [7, 11) is 0. The van der Waals surface area contributed by atoms with Crippen LogP contribution >= 0.6 is 0 Å². The Morgan fingerprint density at radius 1 is 0.719 bits per heavy atom. The topological polar surface area (TPSA) is 20.3 Å². The van der Waals surface area contributed by atoms with Gasteiger partial charge in [-0.25, -0.2) is 0 Å². The molecule has 1 heterocycles. The smallest absolute Gasteiger partial charge is 0.191 e. The van der Waals surface area contributed by atoms with Gasteiger partial charge in [0.15, 0.2) is 5.78 Å². The highest BCUT2D eigenvalue weighted by atomic mass is 16.1. The number of anilines is 1. The second-order valence-electron chi connectivity index (χ2n) is 8.22. The summed E-state index contributed by atoms with van der Waals surface area (Å²) in [6, 6.07) is 39.0. The molecule has 1 aliphatic heterocycles. The van der Waals surface area contributed by atoms with E-state index in [1.54, 1.807) is 0 Å². The van der Waals surface area contributed by atoms with E-state index in [-0.39, 0.29) is 11.8 Å². The van der Waals surface area contributed by atoms with Crippen molar-refractivity contribution in [2.45, 2.75) is 19.4 Å². The SMILES string of the molecule is Cc1ccc(N2C(c3ccccc3)=C(C(=O)c3ccccc3)C[C@@H]2c2ccccc2)cc1. The maximum absolute atomic E-state index is 13.8. The molecule has 0 aromatic heterocycles. The van der Waals surface area contributed by atoms with E-state index >= 15 is 0 Å². The molecule has 2 nitrogen and oxygen atoms in total. The minimum absolute atomic E-state index is 0.0526. The van der Waals surface area contributed by atoms with Gasteiger partial charge in [0, 0.05) is 23.2 Å². The van der Waals surface area contributed by atoms with Crippen LogP contribution in [0.25, 0.3) is 5.70 Å². The summed E-state index contributed by atoms with van der Waals surface area (Å²) in [5, 5.41) is 0. The maximum Gasteiger partial charge on any atom is 0.191 e. The van der Waals surface area contributed by atoms with Crippen LogP contribution in [0.1, 0.15) is 39.5 Å². The number of carbonyl (C=O) groups is 1. The van der Waals surface area contributed by atoms with Crippen LogP contribution in [0, 0.1) is 6.92 Å². The molecule has 1 atom stereocenters. The zero-order valence-electron chi connectivity index (χ0n) is 18.1. The predicted molar refractivity (Wildman–Crippen MR) is 132 cm³/mol. The van der Waals surface area contributed by atoms with Crippen molar-refractivity contribution in [3.8, 4) is 0 Å². The van der Waals surface area contributed by atoms with E-state index in [0.717, 1.165) is 28.1 Å². The summed E-state index contributed by atoms with van der Waals surface area (Å²) in [5.74, 6) is 0.0972. The van der Waals surface area contributed by atoms with E-state index < -0.39 is 0 Å². The molecule has 2 heteroatoms. The fourth-order valence-electron chi connectivity index (χ4n) is 4.51. The second-order valence-corrected chi connectivity index (χ2v) is 8.22. The van der Waals surface area contributed by atoms with E-state index in [1.165, 1.54) is 11.1 Å². The van der Waals surface area contributed by atoms with Gasteiger partial charge in [0.05, 0.1) is 11.7 Å². The van der Waals surface area contributed by atoms with Crippen LogP contribution in [-0.4, -0.2) is 5.78 Å². The summed E-state index contributed by atoms with van der Waals surface area (Å²) >= 11 is 0. The minimum Gasteiger partial charge on any atom is -0.333 e. The van der Waals surface area contributed by atoms with Crippen LogP contribution in [0.15, 0.2) is 121 Å². The summed E-state index contributed by atoms with van der Waals surface area (Å²) < 4.78 is 0. The van der Waals surface area contributed by atoms with Gasteiger partial charge < -0.3 is 4.90 Å². The van der Waals surface area contributed by atoms with Gasteiger partial charge in [-0.05, 0) is 30.2 Å². The van der Waals surface area contributed by atoms with Crippen molar-refractivity contribution in [1.82, 2.24) is 0 Å². The molecule has 0 spiro atoms. The molecule has 4 aromatic rings. The molecule has 32 heavy (non-hydrogen) atoms. The maximum atomic E-state index is 13.8. The van der Waals surface area contributed by atoms with Crippen LogP contribution in [0.4, 0.5) is 5.69 Å². The van der Waals surface area contributed by atoms with Gasteiger partial charge in [-0.1, -0.05) is 109 Å². The van der Waals surface area contributed by atoms with Crippen LogP contribution in [0.5, 0.6) is 0 Å². The number of hydrogen-bond acceptors (Lipinski definition) is 2. The van der Waals surface area contributed by atoms with Gasteiger partial charge in [-0.3, -0.25) is 4.79 Å². The molecule has 0 saturated carbocycles. The average Bonchev–Trinajstić information content (AvgIpc) is 3.26. The number of aryl methyl sites for hydroxylation is 1. The van der Waals surface area contributed by atoms with Crippen LogP contribution < -0.4 is 4.90 Å². The van der Waals surface area contributed by atoms with E-state index in [2.05, 4.69) is 72.5 Å². The van der Waals surface area contributed by atoms with Crippen LogP contribution in [0.3, 0.4) is 0 Å². The summed E-state index contributed by atoms with van der Waals surface area (Å²) in [6.45, 7) is 2.10. The molecular weight excluding hydrogens is 390 g/mol. The number of Topliss-reactive ketones (excluding diaryl/α,β-unsaturated/α-hetero) is 1. The van der Waals surface area contributed by atoms with Crippen molar-refractivity contribution >= 4 is 17.2 Å². The number of nitrogens with zero attached hydrogens (tertiary/aromatic N) is 1. The lowest BCUT2D eigenvalue weighted by Crippen LogP contribution is -2.22. The largest absolute Gasteiger partial charge is 0.333 e. The van der Waals surface area contributed by atoms with E-state index in [4.69, 9.17) is 0 Å². The Labute approximate surface area is 189 Å². The van der Waals surface area contributed by atoms with Gasteiger partial charge in [-0.2, -0.15) is 0 Å². The van der Waals surface area contributed by atoms with E-state index in [0.29, 0.717) is 6.42 Å². The lowest BCUT2D eigenvalue weighted by atomic mass is 9.95. The van der Waals surface area contributed by atoms with Crippen molar-refractivity contribution < 1.29 is 4.79 Å². The molecule has 5 rings (SSSR count). The third-order valence-corrected chi connectivity index (χ3v) is 6.09. The molecule has 156 valence electrons. The molecule has 4 aromatic carbocycles. The van der Waals surface area contributed by atoms with Crippen molar-refractivity contribution in [1.29, 1.82) is 0 Å². The normalized spacial score (nSPS) is 15.8. The quantitative estimate of drug-likeness (QED) is 0.320. The number of ketones is 1. The van der Waals surface area contributed by atoms with Gasteiger partial charge in [0.25, 0.3) is 0 Å². The van der Waals surface area contributed by atoms with Crippen molar-refractivity contribution in [2.75, 3.05) is 4.90 Å². The fraction of sp³-hybridized carbons (Fsp3) is 0.100. The highest BCUT2D eigenvalue weighted by Crippen LogP contribution is 2.47. The highest BCUT2D eigenvalue weighted by molar-refractivity contribution is 6.15. The van der Waals surface area contributed by atoms with Crippen LogP contribution in [-0.2, 0) is 0 Å². The van der Waals surface area contributed by atoms with Gasteiger partial charge in [-0.15, -0.1) is 0 Å². The fourth-order valence-corrected chi connectivity index (χ4v) is 4.51. The van der Waals surface area contributed by atoms with E-state index in [9.17, 15) is 4.79 Å². The van der Waals surface area contributed by atoms with Gasteiger partial charge in [0.1, 0.15) is 0 Å². The zero-order valence-corrected chi connectivity index (χ0v) is 18.1. The van der Waals surface area contributed by atoms with Crippen molar-refractivity contribution in [3.63, 3.8) is 0 Å². The zero-order chi connectivity index (χ0) is 21.9. The summed E-state index contributed by atoms with van der Waals surface area (Å²) in [4.78, 5) is 16.1. The second kappa shape index (κ2) is 8.68. The molecule has 0 unspecified atom stereocenters. The molecule has 0 saturated heterocycles. The molecular formula is C30H25NO. The molecule has 0 fully saturated rings. The number of rotatable bonds is 5. The Hall–Kier alpha value is -3.91. The van der Waals surface area contributed by atoms with E-state index in [1.807, 2.05) is 54.6 Å². The predicted octanol–water partition coefficient (Wildman–Crippen LogP) is 7.24. The highest BCUT2D eigenvalue weighted by Gasteiger charge is 2.37. The molecule has 1 aliphatic rings. The van der Waals surface area contributed by atoms with Crippen molar-refractivity contribution in [2.24, 2.45) is 0 Å².